The monoisotopic (exact) mass is 411 g/mol. The summed E-state index contributed by atoms with van der Waals surface area (Å²) in [6.07, 6.45) is 5.82. The Morgan fingerprint density at radius 3 is 2.42 bits per heavy atom. The van der Waals surface area contributed by atoms with Crippen LogP contribution >= 0.6 is 0 Å². The highest BCUT2D eigenvalue weighted by Crippen LogP contribution is 2.29. The van der Waals surface area contributed by atoms with E-state index in [0.717, 1.165) is 29.0 Å². The fraction of sp³-hybridized carbons (Fsp3) is 0.154. The molecule has 1 amide bonds. The number of benzene rings is 3. The minimum absolute atomic E-state index is 0.0281. The van der Waals surface area contributed by atoms with Crippen LogP contribution in [0, 0.1) is 0 Å². The molecular formula is C26H25N3O2. The Kier molecular flexibility index (Phi) is 6.75. The second-order valence-corrected chi connectivity index (χ2v) is 7.29. The predicted molar refractivity (Wildman–Crippen MR) is 122 cm³/mol. The van der Waals surface area contributed by atoms with Crippen LogP contribution in [0.3, 0.4) is 0 Å². The van der Waals surface area contributed by atoms with Gasteiger partial charge in [-0.25, -0.2) is 4.98 Å². The number of nitrogens with zero attached hydrogens (tertiary/aromatic N) is 2. The van der Waals surface area contributed by atoms with E-state index in [1.807, 2.05) is 65.4 Å². The maximum Gasteiger partial charge on any atom is 0.223 e. The highest BCUT2D eigenvalue weighted by molar-refractivity contribution is 5.76. The Morgan fingerprint density at radius 2 is 1.65 bits per heavy atom. The summed E-state index contributed by atoms with van der Waals surface area (Å²) in [4.78, 5) is 16.3. The van der Waals surface area contributed by atoms with E-state index in [2.05, 4.69) is 34.6 Å². The van der Waals surface area contributed by atoms with Gasteiger partial charge in [0.25, 0.3) is 0 Å². The van der Waals surface area contributed by atoms with E-state index < -0.39 is 0 Å². The molecule has 1 N–H and O–H groups in total. The molecule has 0 saturated heterocycles. The van der Waals surface area contributed by atoms with Crippen molar-refractivity contribution in [1.29, 1.82) is 0 Å². The van der Waals surface area contributed by atoms with Gasteiger partial charge in [0.2, 0.25) is 5.91 Å². The number of carbonyl (C=O) groups is 1. The molecule has 3 aromatic carbocycles. The highest BCUT2D eigenvalue weighted by atomic mass is 16.5. The van der Waals surface area contributed by atoms with Gasteiger partial charge in [-0.05, 0) is 22.8 Å². The smallest absolute Gasteiger partial charge is 0.223 e. The summed E-state index contributed by atoms with van der Waals surface area (Å²) in [5.41, 5.74) is 4.38. The summed E-state index contributed by atoms with van der Waals surface area (Å²) in [7, 11) is 0. The van der Waals surface area contributed by atoms with E-state index >= 15 is 0 Å². The summed E-state index contributed by atoms with van der Waals surface area (Å²) in [5.74, 6) is 0.759. The van der Waals surface area contributed by atoms with E-state index in [9.17, 15) is 4.79 Å². The summed E-state index contributed by atoms with van der Waals surface area (Å²) in [6, 6.07) is 26.2. The van der Waals surface area contributed by atoms with Crippen molar-refractivity contribution >= 4 is 5.91 Å². The van der Waals surface area contributed by atoms with E-state index in [4.69, 9.17) is 4.74 Å². The van der Waals surface area contributed by atoms with Crippen LogP contribution in [0.25, 0.3) is 11.1 Å². The van der Waals surface area contributed by atoms with Gasteiger partial charge in [0.05, 0.1) is 19.4 Å². The molecule has 5 nitrogen and oxygen atoms in total. The van der Waals surface area contributed by atoms with Gasteiger partial charge in [0.1, 0.15) is 5.75 Å². The minimum Gasteiger partial charge on any atom is -0.492 e. The molecule has 0 radical (unpaired) electrons. The van der Waals surface area contributed by atoms with E-state index in [1.165, 1.54) is 5.56 Å². The van der Waals surface area contributed by atoms with Gasteiger partial charge in [0, 0.05) is 31.0 Å². The first-order valence-electron chi connectivity index (χ1n) is 10.4. The second-order valence-electron chi connectivity index (χ2n) is 7.29. The Hall–Kier alpha value is -3.86. The number of hydrogen-bond donors (Lipinski definition) is 1. The number of rotatable bonds is 9. The molecule has 5 heteroatoms. The lowest BCUT2D eigenvalue weighted by molar-refractivity contribution is -0.121. The summed E-state index contributed by atoms with van der Waals surface area (Å²) in [6.45, 7) is 1.62. The van der Waals surface area contributed by atoms with Crippen LogP contribution in [0.4, 0.5) is 0 Å². The summed E-state index contributed by atoms with van der Waals surface area (Å²) in [5, 5.41) is 2.96. The highest BCUT2D eigenvalue weighted by Gasteiger charge is 2.07. The molecule has 31 heavy (non-hydrogen) atoms. The first kappa shape index (κ1) is 20.4. The summed E-state index contributed by atoms with van der Waals surface area (Å²) < 4.78 is 7.93. The van der Waals surface area contributed by atoms with Gasteiger partial charge in [-0.2, -0.15) is 0 Å². The average molecular weight is 412 g/mol. The zero-order chi connectivity index (χ0) is 21.3. The Morgan fingerprint density at radius 1 is 0.903 bits per heavy atom. The molecule has 4 rings (SSSR count). The quantitative estimate of drug-likeness (QED) is 0.435. The van der Waals surface area contributed by atoms with Crippen LogP contribution in [0.1, 0.15) is 17.5 Å². The van der Waals surface area contributed by atoms with Crippen LogP contribution in [0.5, 0.6) is 5.75 Å². The number of ether oxygens (including phenoxy) is 1. The third kappa shape index (κ3) is 5.82. The topological polar surface area (TPSA) is 56.1 Å². The lowest BCUT2D eigenvalue weighted by Gasteiger charge is -2.12. The largest absolute Gasteiger partial charge is 0.492 e. The fourth-order valence-corrected chi connectivity index (χ4v) is 3.35. The fourth-order valence-electron chi connectivity index (χ4n) is 3.35. The normalized spacial score (nSPS) is 10.6. The van der Waals surface area contributed by atoms with E-state index in [1.54, 1.807) is 12.5 Å². The van der Waals surface area contributed by atoms with Crippen molar-refractivity contribution in [2.75, 3.05) is 6.61 Å². The Bertz CT molecular complexity index is 1090. The molecule has 0 unspecified atom stereocenters. The number of aromatic nitrogens is 2. The van der Waals surface area contributed by atoms with Gasteiger partial charge < -0.3 is 14.6 Å². The maximum absolute atomic E-state index is 12.2. The molecule has 1 aromatic heterocycles. The van der Waals surface area contributed by atoms with Gasteiger partial charge >= 0.3 is 0 Å². The lowest BCUT2D eigenvalue weighted by atomic mass is 10.1. The zero-order valence-electron chi connectivity index (χ0n) is 17.3. The number of imidazole rings is 1. The molecule has 0 aliphatic carbocycles. The zero-order valence-corrected chi connectivity index (χ0v) is 17.3. The van der Waals surface area contributed by atoms with Crippen molar-refractivity contribution in [1.82, 2.24) is 14.9 Å². The number of carbonyl (C=O) groups excluding carboxylic acids is 1. The molecule has 0 aliphatic heterocycles. The predicted octanol–water partition coefficient (Wildman–Crippen LogP) is 4.68. The molecule has 156 valence electrons. The van der Waals surface area contributed by atoms with Gasteiger partial charge in [-0.3, -0.25) is 4.79 Å². The average Bonchev–Trinajstić information content (AvgIpc) is 3.33. The molecule has 0 aliphatic rings. The van der Waals surface area contributed by atoms with Crippen molar-refractivity contribution in [3.63, 3.8) is 0 Å². The maximum atomic E-state index is 12.2. The number of amides is 1. The molecule has 0 fully saturated rings. The standard InChI is InChI=1S/C26H25N3O2/c30-26(28-18-21-10-12-22(13-11-21)19-29-16-15-27-20-29)14-17-31-25-9-5-4-8-24(25)23-6-2-1-3-7-23/h1-13,15-16,20H,14,17-19H2,(H,28,30). The Labute approximate surface area is 182 Å². The third-order valence-corrected chi connectivity index (χ3v) is 5.00. The number of nitrogens with one attached hydrogen (secondary N) is 1. The van der Waals surface area contributed by atoms with Crippen molar-refractivity contribution in [3.8, 4) is 16.9 Å². The first-order valence-corrected chi connectivity index (χ1v) is 10.4. The first-order chi connectivity index (χ1) is 15.3. The number of hydrogen-bond acceptors (Lipinski definition) is 3. The van der Waals surface area contributed by atoms with E-state index in [-0.39, 0.29) is 5.91 Å². The van der Waals surface area contributed by atoms with Crippen molar-refractivity contribution < 1.29 is 9.53 Å². The summed E-state index contributed by atoms with van der Waals surface area (Å²) >= 11 is 0. The molecule has 0 saturated carbocycles. The van der Waals surface area contributed by atoms with Crippen molar-refractivity contribution in [3.05, 3.63) is 109 Å². The van der Waals surface area contributed by atoms with Crippen LogP contribution in [0.15, 0.2) is 97.6 Å². The molecule has 0 atom stereocenters. The van der Waals surface area contributed by atoms with Gasteiger partial charge in [-0.15, -0.1) is 0 Å². The third-order valence-electron chi connectivity index (χ3n) is 5.00. The van der Waals surface area contributed by atoms with Crippen LogP contribution in [0.2, 0.25) is 0 Å². The molecule has 4 aromatic rings. The molecule has 0 bridgehead atoms. The van der Waals surface area contributed by atoms with Crippen molar-refractivity contribution in [2.45, 2.75) is 19.5 Å². The second kappa shape index (κ2) is 10.3. The number of para-hydroxylation sites is 1. The van der Waals surface area contributed by atoms with Crippen molar-refractivity contribution in [2.24, 2.45) is 0 Å². The molecular weight excluding hydrogens is 386 g/mol. The molecule has 1 heterocycles. The lowest BCUT2D eigenvalue weighted by Crippen LogP contribution is -2.24. The van der Waals surface area contributed by atoms with Crippen LogP contribution in [-0.2, 0) is 17.9 Å². The van der Waals surface area contributed by atoms with Crippen LogP contribution < -0.4 is 10.1 Å². The minimum atomic E-state index is -0.0281. The van der Waals surface area contributed by atoms with Gasteiger partial charge in [0.15, 0.2) is 0 Å². The van der Waals surface area contributed by atoms with Crippen LogP contribution in [-0.4, -0.2) is 22.1 Å². The Balaban J connectivity index is 1.23. The SMILES string of the molecule is O=C(CCOc1ccccc1-c1ccccc1)NCc1ccc(Cn2ccnc2)cc1. The van der Waals surface area contributed by atoms with Gasteiger partial charge in [-0.1, -0.05) is 72.8 Å². The van der Waals surface area contributed by atoms with E-state index in [0.29, 0.717) is 19.6 Å². The molecule has 0 spiro atoms.